The first-order chi connectivity index (χ1) is 13.1. The lowest BCUT2D eigenvalue weighted by Crippen LogP contribution is -1.98. The molecule has 0 heterocycles. The highest BCUT2D eigenvalue weighted by molar-refractivity contribution is 9.10. The molecule has 0 saturated heterocycles. The summed E-state index contributed by atoms with van der Waals surface area (Å²) in [6, 6.07) is 20.3. The molecule has 0 bridgehead atoms. The zero-order valence-corrected chi connectivity index (χ0v) is 17.4. The van der Waals surface area contributed by atoms with Gasteiger partial charge in [-0.05, 0) is 84.6 Å². The largest absolute Gasteiger partial charge is 0.497 e. The van der Waals surface area contributed by atoms with Gasteiger partial charge in [0, 0.05) is 4.47 Å². The Balaban J connectivity index is 1.75. The van der Waals surface area contributed by atoms with Gasteiger partial charge in [-0.2, -0.15) is 0 Å². The van der Waals surface area contributed by atoms with Crippen molar-refractivity contribution in [1.29, 1.82) is 0 Å². The van der Waals surface area contributed by atoms with E-state index >= 15 is 0 Å². The van der Waals surface area contributed by atoms with Gasteiger partial charge in [0.15, 0.2) is 0 Å². The van der Waals surface area contributed by atoms with E-state index in [4.69, 9.17) is 14.2 Å². The lowest BCUT2D eigenvalue weighted by atomic mass is 10.0. The smallest absolute Gasteiger partial charge is 0.122 e. The second-order valence-electron chi connectivity index (χ2n) is 6.23. The Kier molecular flexibility index (Phi) is 6.40. The van der Waals surface area contributed by atoms with Crippen molar-refractivity contribution in [1.82, 2.24) is 0 Å². The van der Waals surface area contributed by atoms with E-state index in [9.17, 15) is 0 Å². The summed E-state index contributed by atoms with van der Waals surface area (Å²) >= 11 is 3.61. The molecule has 0 aliphatic rings. The van der Waals surface area contributed by atoms with Crippen molar-refractivity contribution in [2.45, 2.75) is 20.5 Å². The Bertz CT molecular complexity index is 904. The molecule has 4 heteroatoms. The standard InChI is InChI=1S/C23H23BrO3/c1-4-26-23-10-9-22(11-16(23)2)27-15-17-12-19(14-20(24)13-17)18-5-7-21(25-3)8-6-18/h5-14H,4,15H2,1-3H3. The normalized spacial score (nSPS) is 10.5. The molecular formula is C23H23BrO3. The maximum atomic E-state index is 5.99. The van der Waals surface area contributed by atoms with E-state index in [0.29, 0.717) is 13.2 Å². The van der Waals surface area contributed by atoms with E-state index in [0.717, 1.165) is 44.0 Å². The van der Waals surface area contributed by atoms with E-state index in [-0.39, 0.29) is 0 Å². The van der Waals surface area contributed by atoms with E-state index < -0.39 is 0 Å². The van der Waals surface area contributed by atoms with Gasteiger partial charge in [0.25, 0.3) is 0 Å². The molecule has 3 aromatic rings. The maximum absolute atomic E-state index is 5.99. The summed E-state index contributed by atoms with van der Waals surface area (Å²) in [5.74, 6) is 2.58. The third-order valence-electron chi connectivity index (χ3n) is 4.23. The molecule has 3 nitrogen and oxygen atoms in total. The number of aryl methyl sites for hydroxylation is 1. The number of halogens is 1. The Morgan fingerprint density at radius 3 is 2.22 bits per heavy atom. The second-order valence-corrected chi connectivity index (χ2v) is 7.14. The molecule has 0 radical (unpaired) electrons. The van der Waals surface area contributed by atoms with Gasteiger partial charge in [-0.25, -0.2) is 0 Å². The first kappa shape index (κ1) is 19.3. The van der Waals surface area contributed by atoms with Crippen LogP contribution in [0.3, 0.4) is 0 Å². The zero-order valence-electron chi connectivity index (χ0n) is 15.8. The monoisotopic (exact) mass is 426 g/mol. The van der Waals surface area contributed by atoms with Crippen LogP contribution in [-0.2, 0) is 6.61 Å². The third-order valence-corrected chi connectivity index (χ3v) is 4.69. The molecule has 0 amide bonds. The van der Waals surface area contributed by atoms with Crippen LogP contribution in [0.1, 0.15) is 18.1 Å². The van der Waals surface area contributed by atoms with Crippen LogP contribution in [0.4, 0.5) is 0 Å². The van der Waals surface area contributed by atoms with Gasteiger partial charge in [0.1, 0.15) is 23.9 Å². The van der Waals surface area contributed by atoms with Crippen molar-refractivity contribution >= 4 is 15.9 Å². The third kappa shape index (κ3) is 5.04. The predicted octanol–water partition coefficient (Wildman–Crippen LogP) is 6.41. The van der Waals surface area contributed by atoms with Gasteiger partial charge in [0.05, 0.1) is 13.7 Å². The minimum absolute atomic E-state index is 0.496. The summed E-state index contributed by atoms with van der Waals surface area (Å²) in [5.41, 5.74) is 4.44. The van der Waals surface area contributed by atoms with Gasteiger partial charge < -0.3 is 14.2 Å². The van der Waals surface area contributed by atoms with Gasteiger partial charge >= 0.3 is 0 Å². The molecule has 140 valence electrons. The highest BCUT2D eigenvalue weighted by atomic mass is 79.9. The fourth-order valence-corrected chi connectivity index (χ4v) is 3.42. The summed E-state index contributed by atoms with van der Waals surface area (Å²) in [6.07, 6.45) is 0. The number of ether oxygens (including phenoxy) is 3. The van der Waals surface area contributed by atoms with E-state index in [2.05, 4.69) is 46.3 Å². The molecule has 27 heavy (non-hydrogen) atoms. The number of benzene rings is 3. The number of hydrogen-bond donors (Lipinski definition) is 0. The summed E-state index contributed by atoms with van der Waals surface area (Å²) in [4.78, 5) is 0. The summed E-state index contributed by atoms with van der Waals surface area (Å²) in [6.45, 7) is 5.17. The predicted molar refractivity (Wildman–Crippen MR) is 113 cm³/mol. The van der Waals surface area contributed by atoms with Gasteiger partial charge in [-0.1, -0.05) is 28.1 Å². The fourth-order valence-electron chi connectivity index (χ4n) is 2.88. The van der Waals surface area contributed by atoms with E-state index in [1.54, 1.807) is 7.11 Å². The average molecular weight is 427 g/mol. The zero-order chi connectivity index (χ0) is 19.2. The molecule has 3 aromatic carbocycles. The quantitative estimate of drug-likeness (QED) is 0.436. The van der Waals surface area contributed by atoms with Gasteiger partial charge in [-0.3, -0.25) is 0 Å². The van der Waals surface area contributed by atoms with E-state index in [1.165, 1.54) is 0 Å². The Labute approximate surface area is 169 Å². The van der Waals surface area contributed by atoms with Crippen molar-refractivity contribution in [2.75, 3.05) is 13.7 Å². The van der Waals surface area contributed by atoms with Gasteiger partial charge in [-0.15, -0.1) is 0 Å². The molecular weight excluding hydrogens is 404 g/mol. The molecule has 0 atom stereocenters. The Morgan fingerprint density at radius 2 is 1.56 bits per heavy atom. The van der Waals surface area contributed by atoms with Gasteiger partial charge in [0.2, 0.25) is 0 Å². The first-order valence-electron chi connectivity index (χ1n) is 8.89. The molecule has 3 rings (SSSR count). The maximum Gasteiger partial charge on any atom is 0.122 e. The highest BCUT2D eigenvalue weighted by Gasteiger charge is 2.06. The van der Waals surface area contributed by atoms with E-state index in [1.807, 2.05) is 44.2 Å². The van der Waals surface area contributed by atoms with Crippen molar-refractivity contribution in [3.05, 3.63) is 76.3 Å². The summed E-state index contributed by atoms with van der Waals surface area (Å²) in [5, 5.41) is 0. The molecule has 0 N–H and O–H groups in total. The van der Waals surface area contributed by atoms with Crippen LogP contribution >= 0.6 is 15.9 Å². The topological polar surface area (TPSA) is 27.7 Å². The molecule has 0 spiro atoms. The highest BCUT2D eigenvalue weighted by Crippen LogP contribution is 2.28. The second kappa shape index (κ2) is 8.96. The minimum atomic E-state index is 0.496. The van der Waals surface area contributed by atoms with Crippen molar-refractivity contribution in [3.63, 3.8) is 0 Å². The van der Waals surface area contributed by atoms with Crippen LogP contribution in [-0.4, -0.2) is 13.7 Å². The van der Waals surface area contributed by atoms with Crippen LogP contribution in [0.15, 0.2) is 65.1 Å². The number of hydrogen-bond acceptors (Lipinski definition) is 3. The lowest BCUT2D eigenvalue weighted by Gasteiger charge is -2.12. The Hall–Kier alpha value is -2.46. The average Bonchev–Trinajstić information content (AvgIpc) is 2.68. The van der Waals surface area contributed by atoms with Crippen molar-refractivity contribution in [2.24, 2.45) is 0 Å². The number of methoxy groups -OCH3 is 1. The van der Waals surface area contributed by atoms with Crippen molar-refractivity contribution in [3.8, 4) is 28.4 Å². The van der Waals surface area contributed by atoms with Crippen LogP contribution < -0.4 is 14.2 Å². The lowest BCUT2D eigenvalue weighted by molar-refractivity contribution is 0.303. The van der Waals surface area contributed by atoms with Crippen LogP contribution in [0.5, 0.6) is 17.2 Å². The molecule has 0 fully saturated rings. The number of rotatable bonds is 7. The summed E-state index contributed by atoms with van der Waals surface area (Å²) in [7, 11) is 1.67. The minimum Gasteiger partial charge on any atom is -0.497 e. The first-order valence-corrected chi connectivity index (χ1v) is 9.68. The SMILES string of the molecule is CCOc1ccc(OCc2cc(Br)cc(-c3ccc(OC)cc3)c2)cc1C. The Morgan fingerprint density at radius 1 is 0.815 bits per heavy atom. The molecule has 0 aromatic heterocycles. The molecule has 0 aliphatic heterocycles. The van der Waals surface area contributed by atoms with Crippen LogP contribution in [0, 0.1) is 6.92 Å². The van der Waals surface area contributed by atoms with Crippen molar-refractivity contribution < 1.29 is 14.2 Å². The fraction of sp³-hybridized carbons (Fsp3) is 0.217. The molecule has 0 saturated carbocycles. The molecule has 0 unspecified atom stereocenters. The van der Waals surface area contributed by atoms with Crippen LogP contribution in [0.2, 0.25) is 0 Å². The summed E-state index contributed by atoms with van der Waals surface area (Å²) < 4.78 is 17.8. The molecule has 0 aliphatic carbocycles. The van der Waals surface area contributed by atoms with Crippen LogP contribution in [0.25, 0.3) is 11.1 Å².